The highest BCUT2D eigenvalue weighted by molar-refractivity contribution is 5.76. The van der Waals surface area contributed by atoms with Gasteiger partial charge in [0.25, 0.3) is 0 Å². The summed E-state index contributed by atoms with van der Waals surface area (Å²) >= 11 is 0. The minimum Gasteiger partial charge on any atom is -0.353 e. The van der Waals surface area contributed by atoms with E-state index in [1.54, 1.807) is 0 Å². The molecule has 0 aromatic carbocycles. The van der Waals surface area contributed by atoms with Crippen LogP contribution in [0.1, 0.15) is 59.8 Å². The third-order valence-corrected chi connectivity index (χ3v) is 5.08. The van der Waals surface area contributed by atoms with Crippen LogP contribution in [0.3, 0.4) is 0 Å². The van der Waals surface area contributed by atoms with Crippen LogP contribution in [0.4, 0.5) is 0 Å². The van der Waals surface area contributed by atoms with E-state index in [0.29, 0.717) is 23.3 Å². The third-order valence-electron chi connectivity index (χ3n) is 5.08. The average molecular weight is 280 g/mol. The molecule has 116 valence electrons. The topological polar surface area (TPSA) is 41.1 Å². The summed E-state index contributed by atoms with van der Waals surface area (Å²) in [5, 5.41) is 6.66. The molecule has 0 radical (unpaired) electrons. The number of carbonyl (C=O) groups excluding carboxylic acids is 1. The molecule has 1 aliphatic heterocycles. The molecule has 0 aromatic rings. The minimum absolute atomic E-state index is 0.277. The van der Waals surface area contributed by atoms with E-state index in [1.165, 1.54) is 19.3 Å². The molecule has 1 aliphatic carbocycles. The second kappa shape index (κ2) is 6.46. The molecule has 2 rings (SSSR count). The highest BCUT2D eigenvalue weighted by Crippen LogP contribution is 2.42. The first-order valence-corrected chi connectivity index (χ1v) is 8.36. The Labute approximate surface area is 124 Å². The van der Waals surface area contributed by atoms with Crippen LogP contribution in [0.25, 0.3) is 0 Å². The molecule has 3 nitrogen and oxygen atoms in total. The monoisotopic (exact) mass is 280 g/mol. The first-order valence-electron chi connectivity index (χ1n) is 8.36. The molecule has 1 saturated heterocycles. The Morgan fingerprint density at radius 2 is 2.05 bits per heavy atom. The highest BCUT2D eigenvalue weighted by atomic mass is 16.1. The minimum atomic E-state index is 0.277. The summed E-state index contributed by atoms with van der Waals surface area (Å²) in [7, 11) is 0. The van der Waals surface area contributed by atoms with Crippen molar-refractivity contribution in [3.8, 4) is 0 Å². The van der Waals surface area contributed by atoms with Crippen LogP contribution in [-0.4, -0.2) is 25.0 Å². The van der Waals surface area contributed by atoms with Crippen LogP contribution in [0, 0.1) is 23.2 Å². The summed E-state index contributed by atoms with van der Waals surface area (Å²) in [4.78, 5) is 12.3. The smallest absolute Gasteiger partial charge is 0.220 e. The second-order valence-corrected chi connectivity index (χ2v) is 8.13. The van der Waals surface area contributed by atoms with Crippen molar-refractivity contribution in [2.75, 3.05) is 13.1 Å². The number of carbonyl (C=O) groups is 1. The molecule has 2 fully saturated rings. The molecule has 2 aliphatic rings. The van der Waals surface area contributed by atoms with E-state index in [9.17, 15) is 4.79 Å². The number of hydrogen-bond acceptors (Lipinski definition) is 2. The van der Waals surface area contributed by atoms with Gasteiger partial charge in [-0.1, -0.05) is 27.7 Å². The zero-order valence-electron chi connectivity index (χ0n) is 13.7. The molecule has 1 saturated carbocycles. The van der Waals surface area contributed by atoms with Crippen molar-refractivity contribution in [3.05, 3.63) is 0 Å². The van der Waals surface area contributed by atoms with Crippen molar-refractivity contribution < 1.29 is 4.79 Å². The predicted molar refractivity (Wildman–Crippen MR) is 83.5 cm³/mol. The van der Waals surface area contributed by atoms with Gasteiger partial charge in [-0.15, -0.1) is 0 Å². The Bertz CT molecular complexity index is 340. The first kappa shape index (κ1) is 15.8. The molecule has 3 heteroatoms. The van der Waals surface area contributed by atoms with E-state index in [4.69, 9.17) is 0 Å². The Morgan fingerprint density at radius 1 is 1.30 bits per heavy atom. The number of piperidine rings is 1. The summed E-state index contributed by atoms with van der Waals surface area (Å²) in [6, 6.07) is 0.373. The van der Waals surface area contributed by atoms with Gasteiger partial charge in [0, 0.05) is 12.5 Å². The molecule has 4 unspecified atom stereocenters. The summed E-state index contributed by atoms with van der Waals surface area (Å²) in [5.41, 5.74) is 0.407. The fourth-order valence-corrected chi connectivity index (χ4v) is 4.46. The average Bonchev–Trinajstić information content (AvgIpc) is 2.29. The van der Waals surface area contributed by atoms with Gasteiger partial charge in [-0.25, -0.2) is 0 Å². The Kier molecular flexibility index (Phi) is 5.11. The SMILES string of the molecule is CC1CC(CC(=O)NC2CCNCC2C)CC(C)(C)C1. The van der Waals surface area contributed by atoms with Gasteiger partial charge in [0.15, 0.2) is 0 Å². The van der Waals surface area contributed by atoms with Crippen molar-refractivity contribution in [1.82, 2.24) is 10.6 Å². The quantitative estimate of drug-likeness (QED) is 0.834. The second-order valence-electron chi connectivity index (χ2n) is 8.13. The van der Waals surface area contributed by atoms with Crippen molar-refractivity contribution in [1.29, 1.82) is 0 Å². The van der Waals surface area contributed by atoms with Crippen LogP contribution in [0.15, 0.2) is 0 Å². The van der Waals surface area contributed by atoms with E-state index < -0.39 is 0 Å². The highest BCUT2D eigenvalue weighted by Gasteiger charge is 2.33. The van der Waals surface area contributed by atoms with Gasteiger partial charge in [0.2, 0.25) is 5.91 Å². The zero-order chi connectivity index (χ0) is 14.8. The number of rotatable bonds is 3. The van der Waals surface area contributed by atoms with Gasteiger partial charge in [-0.05, 0) is 61.9 Å². The molecule has 0 spiro atoms. The van der Waals surface area contributed by atoms with Crippen LogP contribution in [0.2, 0.25) is 0 Å². The number of nitrogens with one attached hydrogen (secondary N) is 2. The zero-order valence-corrected chi connectivity index (χ0v) is 13.7. The van der Waals surface area contributed by atoms with Gasteiger partial charge < -0.3 is 10.6 Å². The lowest BCUT2D eigenvalue weighted by Crippen LogP contribution is -2.48. The lowest BCUT2D eigenvalue weighted by Gasteiger charge is -2.39. The van der Waals surface area contributed by atoms with Crippen LogP contribution in [-0.2, 0) is 4.79 Å². The van der Waals surface area contributed by atoms with Crippen LogP contribution in [0.5, 0.6) is 0 Å². The molecular formula is C17H32N2O. The summed E-state index contributed by atoms with van der Waals surface area (Å²) < 4.78 is 0. The molecule has 4 atom stereocenters. The van der Waals surface area contributed by atoms with E-state index in [0.717, 1.165) is 31.8 Å². The lowest BCUT2D eigenvalue weighted by atomic mass is 9.67. The van der Waals surface area contributed by atoms with Crippen molar-refractivity contribution in [2.24, 2.45) is 23.2 Å². The number of amides is 1. The predicted octanol–water partition coefficient (Wildman–Crippen LogP) is 2.95. The van der Waals surface area contributed by atoms with E-state index in [2.05, 4.69) is 38.3 Å². The van der Waals surface area contributed by atoms with E-state index in [-0.39, 0.29) is 5.91 Å². The van der Waals surface area contributed by atoms with Crippen LogP contribution < -0.4 is 10.6 Å². The molecule has 0 aromatic heterocycles. The summed E-state index contributed by atoms with van der Waals surface area (Å²) in [6.07, 6.45) is 5.52. The molecule has 20 heavy (non-hydrogen) atoms. The maximum Gasteiger partial charge on any atom is 0.220 e. The first-order chi connectivity index (χ1) is 9.35. The molecule has 1 amide bonds. The van der Waals surface area contributed by atoms with Crippen LogP contribution >= 0.6 is 0 Å². The summed E-state index contributed by atoms with van der Waals surface area (Å²) in [6.45, 7) is 11.3. The molecular weight excluding hydrogens is 248 g/mol. The van der Waals surface area contributed by atoms with Gasteiger partial charge in [0.1, 0.15) is 0 Å². The Morgan fingerprint density at radius 3 is 2.70 bits per heavy atom. The normalized spacial score (nSPS) is 37.4. The molecule has 0 bridgehead atoms. The molecule has 2 N–H and O–H groups in total. The standard InChI is InChI=1S/C17H32N2O/c1-12-7-14(10-17(3,4)9-12)8-16(20)19-15-5-6-18-11-13(15)2/h12-15,18H,5-11H2,1-4H3,(H,19,20). The maximum absolute atomic E-state index is 12.3. The third kappa shape index (κ3) is 4.47. The maximum atomic E-state index is 12.3. The van der Waals surface area contributed by atoms with Crippen molar-refractivity contribution >= 4 is 5.91 Å². The number of hydrogen-bond donors (Lipinski definition) is 2. The van der Waals surface area contributed by atoms with Crippen molar-refractivity contribution in [2.45, 2.75) is 65.8 Å². The Balaban J connectivity index is 1.81. The van der Waals surface area contributed by atoms with Gasteiger partial charge >= 0.3 is 0 Å². The van der Waals surface area contributed by atoms with Crippen molar-refractivity contribution in [3.63, 3.8) is 0 Å². The fourth-order valence-electron chi connectivity index (χ4n) is 4.46. The van der Waals surface area contributed by atoms with Gasteiger partial charge in [0.05, 0.1) is 0 Å². The molecule has 1 heterocycles. The summed E-state index contributed by atoms with van der Waals surface area (Å²) in [5.74, 6) is 2.16. The van der Waals surface area contributed by atoms with Gasteiger partial charge in [-0.2, -0.15) is 0 Å². The van der Waals surface area contributed by atoms with E-state index >= 15 is 0 Å². The van der Waals surface area contributed by atoms with E-state index in [1.807, 2.05) is 0 Å². The fraction of sp³-hybridized carbons (Fsp3) is 0.941. The Hall–Kier alpha value is -0.570. The van der Waals surface area contributed by atoms with Gasteiger partial charge in [-0.3, -0.25) is 4.79 Å². The lowest BCUT2D eigenvalue weighted by molar-refractivity contribution is -0.123. The largest absolute Gasteiger partial charge is 0.353 e.